The van der Waals surface area contributed by atoms with Crippen LogP contribution in [-0.2, 0) is 14.7 Å². The Kier molecular flexibility index (Phi) is 3.79. The van der Waals surface area contributed by atoms with Crippen molar-refractivity contribution >= 4 is 12.6 Å². The molecule has 2 heterocycles. The van der Waals surface area contributed by atoms with Crippen LogP contribution in [0.3, 0.4) is 0 Å². The number of pyridine rings is 1. The third-order valence-corrected chi connectivity index (χ3v) is 6.32. The third-order valence-electron chi connectivity index (χ3n) is 6.32. The lowest BCUT2D eigenvalue weighted by Crippen LogP contribution is -2.41. The van der Waals surface area contributed by atoms with E-state index < -0.39 is 54.9 Å². The van der Waals surface area contributed by atoms with Crippen LogP contribution in [0.15, 0.2) is 60.7 Å². The molecule has 1 saturated heterocycles. The Hall–Kier alpha value is -2.43. The van der Waals surface area contributed by atoms with Crippen LogP contribution < -0.4 is 5.46 Å². The fourth-order valence-electron chi connectivity index (χ4n) is 3.55. The Morgan fingerprint density at radius 3 is 2.12 bits per heavy atom. The van der Waals surface area contributed by atoms with Gasteiger partial charge in [0.05, 0.1) is 22.4 Å². The third kappa shape index (κ3) is 4.39. The lowest BCUT2D eigenvalue weighted by Gasteiger charge is -2.32. The molecule has 0 amide bonds. The summed E-state index contributed by atoms with van der Waals surface area (Å²) >= 11 is 0. The lowest BCUT2D eigenvalue weighted by atomic mass is 9.74. The van der Waals surface area contributed by atoms with E-state index in [0.29, 0.717) is 11.3 Å². The van der Waals surface area contributed by atoms with Gasteiger partial charge in [0.2, 0.25) is 0 Å². The minimum atomic E-state index is -2.76. The van der Waals surface area contributed by atoms with Crippen molar-refractivity contribution in [2.45, 2.75) is 71.9 Å². The van der Waals surface area contributed by atoms with Gasteiger partial charge in [-0.15, -0.1) is 0 Å². The highest BCUT2D eigenvalue weighted by Gasteiger charge is 2.51. The summed E-state index contributed by atoms with van der Waals surface area (Å²) in [6.07, 6.45) is 1.55. The maximum absolute atomic E-state index is 8.51. The maximum atomic E-state index is 8.51. The molecule has 0 radical (unpaired) electrons. The predicted octanol–water partition coefficient (Wildman–Crippen LogP) is 6.32. The van der Waals surface area contributed by atoms with Crippen LogP contribution in [-0.4, -0.2) is 23.3 Å². The topological polar surface area (TPSA) is 31.4 Å². The largest absolute Gasteiger partial charge is 0.494 e. The first-order valence-electron chi connectivity index (χ1n) is 14.3. The van der Waals surface area contributed by atoms with Gasteiger partial charge in [0.15, 0.2) is 0 Å². The minimum absolute atomic E-state index is 0.0276. The molecule has 4 heteroatoms. The van der Waals surface area contributed by atoms with Crippen molar-refractivity contribution in [2.24, 2.45) is 0 Å². The van der Waals surface area contributed by atoms with Gasteiger partial charge in [0, 0.05) is 15.9 Å². The van der Waals surface area contributed by atoms with Crippen molar-refractivity contribution in [3.05, 3.63) is 71.8 Å². The summed E-state index contributed by atoms with van der Waals surface area (Å²) in [6, 6.07) is 7.43. The normalized spacial score (nSPS) is 21.1. The quantitative estimate of drug-likeness (QED) is 0.452. The number of aromatic nitrogens is 1. The first-order valence-corrected chi connectivity index (χ1v) is 10.8. The molecule has 1 aromatic heterocycles. The summed E-state index contributed by atoms with van der Waals surface area (Å²) < 4.78 is 69.3. The van der Waals surface area contributed by atoms with Crippen LogP contribution in [0.1, 0.15) is 69.2 Å². The van der Waals surface area contributed by atoms with E-state index >= 15 is 0 Å². The van der Waals surface area contributed by atoms with Gasteiger partial charge in [0.25, 0.3) is 0 Å². The Labute approximate surface area is 203 Å². The molecular weight excluding hydrogens is 393 g/mol. The van der Waals surface area contributed by atoms with Crippen LogP contribution in [0.4, 0.5) is 0 Å². The lowest BCUT2D eigenvalue weighted by molar-refractivity contribution is 0.00578. The number of hydrogen-bond acceptors (Lipinski definition) is 3. The molecule has 1 fully saturated rings. The van der Waals surface area contributed by atoms with E-state index in [1.165, 1.54) is 0 Å². The van der Waals surface area contributed by atoms with Crippen LogP contribution >= 0.6 is 0 Å². The summed E-state index contributed by atoms with van der Waals surface area (Å²) in [6.45, 7) is 11.6. The molecule has 3 nitrogen and oxygen atoms in total. The number of rotatable bonds is 3. The zero-order chi connectivity index (χ0) is 29.3. The molecular formula is C28H34BNO2. The number of benzene rings is 2. The van der Waals surface area contributed by atoms with E-state index in [-0.39, 0.29) is 11.0 Å². The van der Waals surface area contributed by atoms with Gasteiger partial charge in [-0.1, -0.05) is 62.6 Å². The van der Waals surface area contributed by atoms with Gasteiger partial charge in [-0.25, -0.2) is 0 Å². The van der Waals surface area contributed by atoms with Crippen LogP contribution in [0, 0.1) is 6.85 Å². The van der Waals surface area contributed by atoms with Crippen LogP contribution in [0.5, 0.6) is 0 Å². The minimum Gasteiger partial charge on any atom is -0.399 e. The fraction of sp³-hybridized carbons (Fsp3) is 0.393. The van der Waals surface area contributed by atoms with Crippen LogP contribution in [0.2, 0.25) is 0 Å². The smallest absolute Gasteiger partial charge is 0.399 e. The molecule has 0 unspecified atom stereocenters. The van der Waals surface area contributed by atoms with E-state index in [1.54, 1.807) is 18.3 Å². The maximum Gasteiger partial charge on any atom is 0.494 e. The van der Waals surface area contributed by atoms with Gasteiger partial charge in [-0.3, -0.25) is 4.98 Å². The number of nitrogens with zero attached hydrogens (tertiary/aromatic N) is 1. The van der Waals surface area contributed by atoms with E-state index in [2.05, 4.69) is 31.8 Å². The molecule has 4 rings (SSSR count). The molecule has 0 spiro atoms. The van der Waals surface area contributed by atoms with Crippen molar-refractivity contribution < 1.29 is 18.9 Å². The highest BCUT2D eigenvalue weighted by Crippen LogP contribution is 2.37. The van der Waals surface area contributed by atoms with E-state index in [0.717, 1.165) is 16.6 Å². The molecule has 1 aliphatic heterocycles. The molecule has 0 atom stereocenters. The molecule has 1 aliphatic rings. The zero-order valence-corrected chi connectivity index (χ0v) is 19.8. The van der Waals surface area contributed by atoms with Crippen molar-refractivity contribution in [1.29, 1.82) is 0 Å². The van der Waals surface area contributed by atoms with Gasteiger partial charge < -0.3 is 9.31 Å². The van der Waals surface area contributed by atoms with Crippen molar-refractivity contribution in [1.82, 2.24) is 4.98 Å². The summed E-state index contributed by atoms with van der Waals surface area (Å²) in [5.41, 5.74) is 1.87. The van der Waals surface area contributed by atoms with Crippen molar-refractivity contribution in [3.63, 3.8) is 0 Å². The first kappa shape index (κ1) is 15.4. The predicted molar refractivity (Wildman–Crippen MR) is 134 cm³/mol. The second kappa shape index (κ2) is 7.86. The molecule has 0 N–H and O–H groups in total. The average molecular weight is 434 g/mol. The van der Waals surface area contributed by atoms with E-state index in [9.17, 15) is 0 Å². The van der Waals surface area contributed by atoms with Gasteiger partial charge in [-0.2, -0.15) is 0 Å². The van der Waals surface area contributed by atoms with E-state index in [4.69, 9.17) is 18.9 Å². The SMILES string of the molecule is [2H]c1c([2H])c(C([2H])([2H])[2H])c([2H])c([2H])c1-c1ccnc(-c2cc(B3OC(C)(C)C(C)(C)O3)cc(C(C)(C)C)c2)c1. The molecule has 0 aliphatic carbocycles. The molecule has 166 valence electrons. The summed E-state index contributed by atoms with van der Waals surface area (Å²) in [7, 11) is -0.580. The average Bonchev–Trinajstić information content (AvgIpc) is 3.03. The molecule has 2 aromatic carbocycles. The van der Waals surface area contributed by atoms with Gasteiger partial charge in [-0.05, 0) is 80.3 Å². The zero-order valence-electron chi connectivity index (χ0n) is 26.8. The molecule has 3 aromatic rings. The molecule has 0 saturated carbocycles. The Morgan fingerprint density at radius 1 is 0.875 bits per heavy atom. The van der Waals surface area contributed by atoms with Crippen molar-refractivity contribution in [2.75, 3.05) is 0 Å². The Morgan fingerprint density at radius 2 is 1.53 bits per heavy atom. The van der Waals surface area contributed by atoms with Gasteiger partial charge in [0.1, 0.15) is 0 Å². The first-order chi connectivity index (χ1) is 17.7. The Balaban J connectivity index is 1.87. The fourth-order valence-corrected chi connectivity index (χ4v) is 3.55. The summed E-state index contributed by atoms with van der Waals surface area (Å²) in [4.78, 5) is 4.56. The molecule has 0 bridgehead atoms. The monoisotopic (exact) mass is 434 g/mol. The summed E-state index contributed by atoms with van der Waals surface area (Å²) in [5, 5.41) is 0. The second-order valence-electron chi connectivity index (χ2n) is 10.4. The molecule has 32 heavy (non-hydrogen) atoms. The number of hydrogen-bond donors (Lipinski definition) is 0. The standard InChI is InChI=1S/C28H34BNO2/c1-19-9-11-20(12-10-19)21-13-14-30-25(17-21)22-15-23(26(2,3)4)18-24(16-22)29-31-27(5,6)28(7,8)32-29/h9-18H,1-8H3/i1D3,9D,10D,11D,12D. The van der Waals surface area contributed by atoms with Crippen LogP contribution in [0.25, 0.3) is 22.4 Å². The Bertz CT molecular complexity index is 1400. The van der Waals surface area contributed by atoms with Gasteiger partial charge >= 0.3 is 7.12 Å². The van der Waals surface area contributed by atoms with Crippen molar-refractivity contribution in [3.8, 4) is 22.4 Å². The highest BCUT2D eigenvalue weighted by molar-refractivity contribution is 6.62. The highest BCUT2D eigenvalue weighted by atomic mass is 16.7. The van der Waals surface area contributed by atoms with E-state index in [1.807, 2.05) is 39.8 Å². The summed E-state index contributed by atoms with van der Waals surface area (Å²) in [5.74, 6) is 0. The second-order valence-corrected chi connectivity index (χ2v) is 10.4.